The zero-order chi connectivity index (χ0) is 17.4. The van der Waals surface area contributed by atoms with Crippen LogP contribution in [0.25, 0.3) is 0 Å². The number of benzene rings is 2. The maximum atomic E-state index is 12.8. The molecule has 0 saturated carbocycles. The minimum Gasteiger partial charge on any atom is -0.481 e. The Morgan fingerprint density at radius 2 is 1.96 bits per heavy atom. The minimum atomic E-state index is -0.635. The van der Waals surface area contributed by atoms with Gasteiger partial charge in [-0.3, -0.25) is 4.79 Å². The Morgan fingerprint density at radius 3 is 2.67 bits per heavy atom. The van der Waals surface area contributed by atoms with E-state index in [-0.39, 0.29) is 11.7 Å². The Bertz CT molecular complexity index is 666. The topological polar surface area (TPSA) is 38.3 Å². The normalized spacial score (nSPS) is 11.8. The van der Waals surface area contributed by atoms with Crippen molar-refractivity contribution in [3.8, 4) is 5.75 Å². The third kappa shape index (κ3) is 6.06. The number of hydrogen-bond donors (Lipinski definition) is 1. The fourth-order valence-corrected chi connectivity index (χ4v) is 3.10. The fraction of sp³-hybridized carbons (Fsp3) is 0.278. The van der Waals surface area contributed by atoms with Gasteiger partial charge in [-0.25, -0.2) is 4.39 Å². The molecule has 24 heavy (non-hydrogen) atoms. The third-order valence-corrected chi connectivity index (χ3v) is 4.63. The van der Waals surface area contributed by atoms with Crippen LogP contribution in [0, 0.1) is 5.82 Å². The summed E-state index contributed by atoms with van der Waals surface area (Å²) in [6.45, 7) is 2.21. The number of rotatable bonds is 8. The molecule has 6 heteroatoms. The van der Waals surface area contributed by atoms with E-state index in [1.165, 1.54) is 24.3 Å². The molecule has 0 spiro atoms. The van der Waals surface area contributed by atoms with Crippen LogP contribution in [0.15, 0.2) is 48.5 Å². The van der Waals surface area contributed by atoms with Crippen LogP contribution in [0.5, 0.6) is 5.75 Å². The van der Waals surface area contributed by atoms with Gasteiger partial charge >= 0.3 is 0 Å². The number of carbonyl (C=O) groups excluding carboxylic acids is 1. The Morgan fingerprint density at radius 1 is 1.25 bits per heavy atom. The van der Waals surface area contributed by atoms with Crippen molar-refractivity contribution in [1.29, 1.82) is 0 Å². The van der Waals surface area contributed by atoms with E-state index in [0.717, 1.165) is 22.1 Å². The van der Waals surface area contributed by atoms with E-state index < -0.39 is 6.10 Å². The monoisotopic (exact) mass is 367 g/mol. The van der Waals surface area contributed by atoms with Crippen molar-refractivity contribution in [2.24, 2.45) is 0 Å². The first-order valence-electron chi connectivity index (χ1n) is 7.57. The van der Waals surface area contributed by atoms with Crippen molar-refractivity contribution in [3.05, 3.63) is 64.9 Å². The first-order chi connectivity index (χ1) is 11.6. The van der Waals surface area contributed by atoms with Crippen LogP contribution in [0.3, 0.4) is 0 Å². The van der Waals surface area contributed by atoms with E-state index in [2.05, 4.69) is 5.32 Å². The largest absolute Gasteiger partial charge is 0.481 e. The molecule has 0 radical (unpaired) electrons. The molecular formula is C18H19ClFNO2S. The van der Waals surface area contributed by atoms with Crippen LogP contribution in [0.2, 0.25) is 5.02 Å². The van der Waals surface area contributed by atoms with E-state index in [1.54, 1.807) is 18.7 Å². The maximum Gasteiger partial charge on any atom is 0.260 e. The second kappa shape index (κ2) is 9.55. The highest BCUT2D eigenvalue weighted by Gasteiger charge is 2.13. The van der Waals surface area contributed by atoms with Crippen molar-refractivity contribution in [1.82, 2.24) is 5.32 Å². The molecule has 0 aliphatic carbocycles. The molecule has 2 rings (SSSR count). The van der Waals surface area contributed by atoms with Gasteiger partial charge in [0, 0.05) is 23.1 Å². The maximum absolute atomic E-state index is 12.8. The lowest BCUT2D eigenvalue weighted by atomic mass is 10.2. The minimum absolute atomic E-state index is 0.197. The summed E-state index contributed by atoms with van der Waals surface area (Å²) in [5.74, 6) is 1.51. The van der Waals surface area contributed by atoms with Gasteiger partial charge < -0.3 is 10.1 Å². The first-order valence-corrected chi connectivity index (χ1v) is 9.10. The second-order valence-electron chi connectivity index (χ2n) is 5.15. The average molecular weight is 368 g/mol. The van der Waals surface area contributed by atoms with Gasteiger partial charge in [0.15, 0.2) is 6.10 Å². The van der Waals surface area contributed by atoms with Crippen molar-refractivity contribution in [2.75, 3.05) is 12.3 Å². The summed E-state index contributed by atoms with van der Waals surface area (Å²) in [5, 5.41) is 3.58. The Kier molecular flexibility index (Phi) is 7.40. The predicted octanol–water partition coefficient (Wildman–Crippen LogP) is 4.30. The molecule has 0 aliphatic heterocycles. The van der Waals surface area contributed by atoms with Crippen molar-refractivity contribution in [2.45, 2.75) is 18.8 Å². The highest BCUT2D eigenvalue weighted by atomic mass is 35.5. The number of halogens is 2. The third-order valence-electron chi connectivity index (χ3n) is 3.26. The molecule has 0 heterocycles. The summed E-state index contributed by atoms with van der Waals surface area (Å²) in [4.78, 5) is 12.0. The molecule has 1 N–H and O–H groups in total. The van der Waals surface area contributed by atoms with Gasteiger partial charge in [0.05, 0.1) is 0 Å². The van der Waals surface area contributed by atoms with E-state index in [9.17, 15) is 9.18 Å². The number of carbonyl (C=O) groups is 1. The highest BCUT2D eigenvalue weighted by Crippen LogP contribution is 2.20. The molecule has 1 amide bonds. The Labute approximate surface area is 150 Å². The van der Waals surface area contributed by atoms with Crippen LogP contribution >= 0.6 is 23.4 Å². The van der Waals surface area contributed by atoms with Crippen molar-refractivity contribution in [3.63, 3.8) is 0 Å². The van der Waals surface area contributed by atoms with Gasteiger partial charge in [-0.15, -0.1) is 0 Å². The van der Waals surface area contributed by atoms with E-state index in [4.69, 9.17) is 16.3 Å². The number of hydrogen-bond acceptors (Lipinski definition) is 3. The van der Waals surface area contributed by atoms with Gasteiger partial charge in [-0.05, 0) is 42.8 Å². The molecule has 0 saturated heterocycles. The molecule has 0 aromatic heterocycles. The zero-order valence-electron chi connectivity index (χ0n) is 13.3. The zero-order valence-corrected chi connectivity index (χ0v) is 14.9. The summed E-state index contributed by atoms with van der Waals surface area (Å²) < 4.78 is 18.3. The molecule has 3 nitrogen and oxygen atoms in total. The lowest BCUT2D eigenvalue weighted by Gasteiger charge is -2.14. The summed E-state index contributed by atoms with van der Waals surface area (Å²) in [6, 6.07) is 13.3. The van der Waals surface area contributed by atoms with Gasteiger partial charge in [0.2, 0.25) is 0 Å². The molecule has 0 bridgehead atoms. The molecule has 0 fully saturated rings. The average Bonchev–Trinajstić information content (AvgIpc) is 2.58. The summed E-state index contributed by atoms with van der Waals surface area (Å²) in [5.41, 5.74) is 1.09. The highest BCUT2D eigenvalue weighted by molar-refractivity contribution is 7.98. The van der Waals surface area contributed by atoms with Gasteiger partial charge in [-0.2, -0.15) is 11.8 Å². The summed E-state index contributed by atoms with van der Waals surface area (Å²) in [7, 11) is 0. The molecule has 0 unspecified atom stereocenters. The summed E-state index contributed by atoms with van der Waals surface area (Å²) in [6.07, 6.45) is -0.635. The predicted molar refractivity (Wildman–Crippen MR) is 97.1 cm³/mol. The van der Waals surface area contributed by atoms with Crippen molar-refractivity contribution < 1.29 is 13.9 Å². The lowest BCUT2D eigenvalue weighted by Crippen LogP contribution is -2.37. The van der Waals surface area contributed by atoms with Gasteiger partial charge in [0.25, 0.3) is 5.91 Å². The smallest absolute Gasteiger partial charge is 0.260 e. The van der Waals surface area contributed by atoms with Crippen LogP contribution < -0.4 is 10.1 Å². The van der Waals surface area contributed by atoms with Crippen LogP contribution in [-0.4, -0.2) is 24.3 Å². The van der Waals surface area contributed by atoms with E-state index >= 15 is 0 Å². The lowest BCUT2D eigenvalue weighted by molar-refractivity contribution is -0.127. The van der Waals surface area contributed by atoms with Gasteiger partial charge in [0.1, 0.15) is 11.6 Å². The number of ether oxygens (including phenoxy) is 1. The SMILES string of the molecule is C[C@@H](Oc1ccc(F)cc1)C(=O)NCCSCc1ccccc1Cl. The quantitative estimate of drug-likeness (QED) is 0.707. The standard InChI is InChI=1S/C18H19ClFNO2S/c1-13(23-16-8-6-15(20)7-9-16)18(22)21-10-11-24-12-14-4-2-3-5-17(14)19/h2-9,13H,10-12H2,1H3,(H,21,22)/t13-/m1/s1. The van der Waals surface area contributed by atoms with Crippen LogP contribution in [0.4, 0.5) is 4.39 Å². The Hall–Kier alpha value is -1.72. The van der Waals surface area contributed by atoms with E-state index in [0.29, 0.717) is 12.3 Å². The van der Waals surface area contributed by atoms with Crippen LogP contribution in [0.1, 0.15) is 12.5 Å². The Balaban J connectivity index is 1.65. The first kappa shape index (κ1) is 18.6. The van der Waals surface area contributed by atoms with Gasteiger partial charge in [-0.1, -0.05) is 29.8 Å². The van der Waals surface area contributed by atoms with Crippen LogP contribution in [-0.2, 0) is 10.5 Å². The number of amides is 1. The fourth-order valence-electron chi connectivity index (χ4n) is 1.96. The molecular weight excluding hydrogens is 349 g/mol. The molecule has 2 aromatic carbocycles. The summed E-state index contributed by atoms with van der Waals surface area (Å²) >= 11 is 7.79. The van der Waals surface area contributed by atoms with E-state index in [1.807, 2.05) is 24.3 Å². The second-order valence-corrected chi connectivity index (χ2v) is 6.66. The number of nitrogens with one attached hydrogen (secondary N) is 1. The molecule has 2 aromatic rings. The number of thioether (sulfide) groups is 1. The molecule has 0 aliphatic rings. The van der Waals surface area contributed by atoms with Crippen molar-refractivity contribution >= 4 is 29.3 Å². The molecule has 128 valence electrons. The molecule has 1 atom stereocenters.